The zero-order chi connectivity index (χ0) is 19.6. The van der Waals surface area contributed by atoms with E-state index in [2.05, 4.69) is 53.5 Å². The summed E-state index contributed by atoms with van der Waals surface area (Å²) in [5.41, 5.74) is 1.95. The smallest absolute Gasteiger partial charge is 0.232 e. The first-order valence-corrected chi connectivity index (χ1v) is 11.5. The largest absolute Gasteiger partial charge is 0.289 e. The highest BCUT2D eigenvalue weighted by atomic mass is 32.2. The number of likely N-dealkylation sites (tertiary alicyclic amines) is 1. The highest BCUT2D eigenvalue weighted by Crippen LogP contribution is 2.36. The average molecular weight is 395 g/mol. The number of hydrogen-bond acceptors (Lipinski definition) is 3. The Hall–Kier alpha value is -2.37. The van der Waals surface area contributed by atoms with Gasteiger partial charge in [0.2, 0.25) is 10.0 Å². The van der Waals surface area contributed by atoms with Crippen LogP contribution in [0.1, 0.15) is 12.0 Å². The molecule has 146 valence electrons. The van der Waals surface area contributed by atoms with Gasteiger partial charge in [-0.1, -0.05) is 72.8 Å². The molecule has 28 heavy (non-hydrogen) atoms. The Kier molecular flexibility index (Phi) is 5.13. The van der Waals surface area contributed by atoms with Crippen LogP contribution in [0.25, 0.3) is 0 Å². The third-order valence-electron chi connectivity index (χ3n) is 5.67. The molecule has 0 saturated carbocycles. The molecule has 2 aliphatic rings. The first-order valence-electron chi connectivity index (χ1n) is 9.66. The van der Waals surface area contributed by atoms with Crippen molar-refractivity contribution in [1.82, 2.24) is 4.90 Å². The second-order valence-electron chi connectivity index (χ2n) is 7.71. The van der Waals surface area contributed by atoms with Gasteiger partial charge in [-0.15, -0.1) is 0 Å². The number of rotatable bonds is 6. The second-order valence-corrected chi connectivity index (χ2v) is 9.57. The summed E-state index contributed by atoms with van der Waals surface area (Å²) in [6.07, 6.45) is 11.9. The van der Waals surface area contributed by atoms with Gasteiger partial charge in [0.1, 0.15) is 0 Å². The van der Waals surface area contributed by atoms with E-state index < -0.39 is 10.0 Å². The molecule has 4 rings (SSSR count). The van der Waals surface area contributed by atoms with Crippen molar-refractivity contribution in [1.29, 1.82) is 0 Å². The third kappa shape index (κ3) is 3.77. The lowest BCUT2D eigenvalue weighted by Crippen LogP contribution is -2.68. The standard InChI is InChI=1S/C23H26N2O2S/c1-28(26,27)25(21-13-7-3-8-14-21)22-18-24(19-22)23(15-9-4-10-16-23)17-20-11-5-2-6-12-20/h2-15,22H,16-19H2,1H3. The monoisotopic (exact) mass is 394 g/mol. The van der Waals surface area contributed by atoms with Crippen molar-refractivity contribution in [2.45, 2.75) is 24.4 Å². The molecule has 1 aliphatic carbocycles. The Morgan fingerprint density at radius 3 is 2.21 bits per heavy atom. The van der Waals surface area contributed by atoms with Crippen molar-refractivity contribution < 1.29 is 8.42 Å². The van der Waals surface area contributed by atoms with Crippen molar-refractivity contribution >= 4 is 15.7 Å². The maximum Gasteiger partial charge on any atom is 0.232 e. The van der Waals surface area contributed by atoms with E-state index in [9.17, 15) is 8.42 Å². The first kappa shape index (κ1) is 19.0. The lowest BCUT2D eigenvalue weighted by atomic mass is 9.80. The number of anilines is 1. The molecule has 0 radical (unpaired) electrons. The minimum atomic E-state index is -3.34. The van der Waals surface area contributed by atoms with Crippen LogP contribution in [0.15, 0.2) is 85.0 Å². The van der Waals surface area contributed by atoms with Crippen LogP contribution in [0.5, 0.6) is 0 Å². The van der Waals surface area contributed by atoms with E-state index in [4.69, 9.17) is 0 Å². The van der Waals surface area contributed by atoms with Crippen molar-refractivity contribution in [2.24, 2.45) is 0 Å². The van der Waals surface area contributed by atoms with Crippen LogP contribution >= 0.6 is 0 Å². The normalized spacial score (nSPS) is 22.8. The molecule has 0 spiro atoms. The van der Waals surface area contributed by atoms with Crippen molar-refractivity contribution in [3.8, 4) is 0 Å². The molecule has 1 aliphatic heterocycles. The van der Waals surface area contributed by atoms with Crippen LogP contribution in [-0.4, -0.2) is 44.2 Å². The number of sulfonamides is 1. The zero-order valence-corrected chi connectivity index (χ0v) is 16.9. The fraction of sp³-hybridized carbons (Fsp3) is 0.304. The van der Waals surface area contributed by atoms with Gasteiger partial charge < -0.3 is 0 Å². The van der Waals surface area contributed by atoms with E-state index in [0.717, 1.165) is 31.6 Å². The van der Waals surface area contributed by atoms with Crippen LogP contribution in [0.3, 0.4) is 0 Å². The number of allylic oxidation sites excluding steroid dienone is 2. The average Bonchev–Trinajstić information content (AvgIpc) is 2.65. The van der Waals surface area contributed by atoms with Crippen LogP contribution in [0, 0.1) is 0 Å². The number of nitrogens with zero attached hydrogens (tertiary/aromatic N) is 2. The summed E-state index contributed by atoms with van der Waals surface area (Å²) in [4.78, 5) is 2.42. The van der Waals surface area contributed by atoms with Gasteiger partial charge in [0, 0.05) is 18.6 Å². The fourth-order valence-electron chi connectivity index (χ4n) is 4.30. The maximum absolute atomic E-state index is 12.5. The van der Waals surface area contributed by atoms with Gasteiger partial charge in [0.25, 0.3) is 0 Å². The highest BCUT2D eigenvalue weighted by Gasteiger charge is 2.45. The van der Waals surface area contributed by atoms with Crippen molar-refractivity contribution in [2.75, 3.05) is 23.7 Å². The van der Waals surface area contributed by atoms with E-state index in [0.29, 0.717) is 0 Å². The van der Waals surface area contributed by atoms with Crippen LogP contribution in [-0.2, 0) is 16.4 Å². The van der Waals surface area contributed by atoms with E-state index in [1.54, 1.807) is 4.31 Å². The van der Waals surface area contributed by atoms with Crippen LogP contribution in [0.2, 0.25) is 0 Å². The predicted molar refractivity (Wildman–Crippen MR) is 115 cm³/mol. The van der Waals surface area contributed by atoms with Crippen molar-refractivity contribution in [3.63, 3.8) is 0 Å². The van der Waals surface area contributed by atoms with Gasteiger partial charge >= 0.3 is 0 Å². The molecular weight excluding hydrogens is 368 g/mol. The topological polar surface area (TPSA) is 40.6 Å². The van der Waals surface area contributed by atoms with Gasteiger partial charge in [0.15, 0.2) is 0 Å². The SMILES string of the molecule is CS(=O)(=O)N(c1ccccc1)C1CN(C2(Cc3ccccc3)C=CC=CC2)C1. The molecule has 1 atom stereocenters. The molecular formula is C23H26N2O2S. The maximum atomic E-state index is 12.5. The summed E-state index contributed by atoms with van der Waals surface area (Å²) in [5.74, 6) is 0. The molecule has 0 bridgehead atoms. The molecule has 1 unspecified atom stereocenters. The van der Waals surface area contributed by atoms with Crippen molar-refractivity contribution in [3.05, 3.63) is 90.5 Å². The summed E-state index contributed by atoms with van der Waals surface area (Å²) in [5, 5.41) is 0. The fourth-order valence-corrected chi connectivity index (χ4v) is 5.47. The summed E-state index contributed by atoms with van der Waals surface area (Å²) in [7, 11) is -3.34. The van der Waals surface area contributed by atoms with Gasteiger partial charge in [0.05, 0.1) is 18.0 Å². The molecule has 4 nitrogen and oxygen atoms in total. The zero-order valence-electron chi connectivity index (χ0n) is 16.1. The van der Waals surface area contributed by atoms with E-state index >= 15 is 0 Å². The molecule has 1 saturated heterocycles. The lowest BCUT2D eigenvalue weighted by Gasteiger charge is -2.54. The van der Waals surface area contributed by atoms with Gasteiger partial charge in [-0.2, -0.15) is 0 Å². The minimum absolute atomic E-state index is 0.0376. The minimum Gasteiger partial charge on any atom is -0.289 e. The second kappa shape index (κ2) is 7.57. The number of para-hydroxylation sites is 1. The summed E-state index contributed by atoms with van der Waals surface area (Å²) in [6.45, 7) is 1.46. The molecule has 5 heteroatoms. The molecule has 1 fully saturated rings. The lowest BCUT2D eigenvalue weighted by molar-refractivity contribution is 0.0473. The molecule has 0 N–H and O–H groups in total. The van der Waals surface area contributed by atoms with E-state index in [-0.39, 0.29) is 11.6 Å². The summed E-state index contributed by atoms with van der Waals surface area (Å²) >= 11 is 0. The highest BCUT2D eigenvalue weighted by molar-refractivity contribution is 7.92. The molecule has 0 aromatic heterocycles. The Balaban J connectivity index is 1.56. The van der Waals surface area contributed by atoms with Crippen LogP contribution in [0.4, 0.5) is 5.69 Å². The number of hydrogen-bond donors (Lipinski definition) is 0. The molecule has 2 aromatic carbocycles. The Labute approximate surface area is 167 Å². The third-order valence-corrected chi connectivity index (χ3v) is 6.89. The Bertz CT molecular complexity index is 964. The van der Waals surface area contributed by atoms with Crippen LogP contribution < -0.4 is 4.31 Å². The van der Waals surface area contributed by atoms with Gasteiger partial charge in [-0.3, -0.25) is 9.21 Å². The molecule has 2 aromatic rings. The Morgan fingerprint density at radius 1 is 1.00 bits per heavy atom. The molecule has 0 amide bonds. The molecule has 1 heterocycles. The summed E-state index contributed by atoms with van der Waals surface area (Å²) in [6, 6.07) is 19.9. The summed E-state index contributed by atoms with van der Waals surface area (Å²) < 4.78 is 26.6. The van der Waals surface area contributed by atoms with Gasteiger partial charge in [-0.05, 0) is 30.5 Å². The quantitative estimate of drug-likeness (QED) is 0.751. The Morgan fingerprint density at radius 2 is 1.64 bits per heavy atom. The van der Waals surface area contributed by atoms with E-state index in [1.165, 1.54) is 11.8 Å². The first-order chi connectivity index (χ1) is 13.5. The van der Waals surface area contributed by atoms with Gasteiger partial charge in [-0.25, -0.2) is 8.42 Å². The number of benzene rings is 2. The predicted octanol–water partition coefficient (Wildman–Crippen LogP) is 3.63. The van der Waals surface area contributed by atoms with E-state index in [1.807, 2.05) is 36.4 Å².